The van der Waals surface area contributed by atoms with E-state index in [9.17, 15) is 9.59 Å². The van der Waals surface area contributed by atoms with E-state index in [-0.39, 0.29) is 11.7 Å². The molecule has 3 aromatic rings. The van der Waals surface area contributed by atoms with Gasteiger partial charge in [-0.05, 0) is 50.4 Å². The number of ketones is 1. The van der Waals surface area contributed by atoms with E-state index in [1.807, 2.05) is 24.3 Å². The van der Waals surface area contributed by atoms with Crippen LogP contribution in [0.3, 0.4) is 0 Å². The molecule has 1 N–H and O–H groups in total. The van der Waals surface area contributed by atoms with Crippen LogP contribution in [0, 0.1) is 0 Å². The van der Waals surface area contributed by atoms with E-state index in [0.29, 0.717) is 28.3 Å². The molecule has 0 bridgehead atoms. The Morgan fingerprint density at radius 3 is 2.14 bits per heavy atom. The van der Waals surface area contributed by atoms with Gasteiger partial charge in [0.1, 0.15) is 0 Å². The molecule has 0 atom stereocenters. The van der Waals surface area contributed by atoms with Gasteiger partial charge in [0.25, 0.3) is 5.91 Å². The van der Waals surface area contributed by atoms with Crippen molar-refractivity contribution < 1.29 is 9.59 Å². The van der Waals surface area contributed by atoms with E-state index < -0.39 is 0 Å². The van der Waals surface area contributed by atoms with Crippen LogP contribution in [0.5, 0.6) is 0 Å². The van der Waals surface area contributed by atoms with Gasteiger partial charge >= 0.3 is 0 Å². The number of carbonyl (C=O) groups is 2. The van der Waals surface area contributed by atoms with Crippen molar-refractivity contribution in [3.63, 3.8) is 0 Å². The fourth-order valence-electron chi connectivity index (χ4n) is 3.36. The fourth-order valence-corrected chi connectivity index (χ4v) is 3.36. The zero-order valence-corrected chi connectivity index (χ0v) is 16.6. The van der Waals surface area contributed by atoms with Gasteiger partial charge in [0.15, 0.2) is 17.3 Å². The number of piperazine rings is 1. The molecule has 0 spiro atoms. The first-order valence-corrected chi connectivity index (χ1v) is 9.64. The summed E-state index contributed by atoms with van der Waals surface area (Å²) in [4.78, 5) is 38.3. The molecular weight excluding hydrogens is 366 g/mol. The number of fused-ring (bicyclic) bond motifs is 1. The smallest absolute Gasteiger partial charge is 0.278 e. The van der Waals surface area contributed by atoms with Crippen molar-refractivity contribution in [3.05, 3.63) is 59.8 Å². The summed E-state index contributed by atoms with van der Waals surface area (Å²) in [6, 6.07) is 14.4. The quantitative estimate of drug-likeness (QED) is 0.692. The minimum absolute atomic E-state index is 0.0133. The molecule has 1 aromatic heterocycles. The zero-order chi connectivity index (χ0) is 20.4. The molecule has 0 saturated carbocycles. The summed E-state index contributed by atoms with van der Waals surface area (Å²) in [5.41, 5.74) is 2.97. The van der Waals surface area contributed by atoms with Crippen LogP contribution in [0.4, 0.5) is 11.5 Å². The van der Waals surface area contributed by atoms with Gasteiger partial charge < -0.3 is 15.1 Å². The van der Waals surface area contributed by atoms with Crippen molar-refractivity contribution >= 4 is 34.2 Å². The molecule has 1 saturated heterocycles. The molecule has 4 rings (SSSR count). The Bertz CT molecular complexity index is 1060. The van der Waals surface area contributed by atoms with Crippen LogP contribution < -0.4 is 10.2 Å². The predicted molar refractivity (Wildman–Crippen MR) is 114 cm³/mol. The molecule has 148 valence electrons. The maximum absolute atomic E-state index is 13.1. The Morgan fingerprint density at radius 1 is 0.897 bits per heavy atom. The average molecular weight is 389 g/mol. The highest BCUT2D eigenvalue weighted by atomic mass is 16.2. The molecule has 1 aliphatic rings. The van der Waals surface area contributed by atoms with E-state index in [1.165, 1.54) is 6.92 Å². The number of nitrogens with one attached hydrogen (secondary N) is 1. The summed E-state index contributed by atoms with van der Waals surface area (Å²) in [7, 11) is 2.09. The number of Topliss-reactive ketones (excluding diaryl/α,β-unsaturated/α-hetero) is 1. The lowest BCUT2D eigenvalue weighted by Gasteiger charge is -2.33. The molecule has 1 fully saturated rings. The van der Waals surface area contributed by atoms with Crippen LogP contribution in [-0.4, -0.2) is 59.8 Å². The van der Waals surface area contributed by atoms with Gasteiger partial charge in [-0.25, -0.2) is 9.97 Å². The van der Waals surface area contributed by atoms with Crippen LogP contribution in [-0.2, 0) is 0 Å². The van der Waals surface area contributed by atoms with Crippen molar-refractivity contribution in [2.24, 2.45) is 0 Å². The number of hydrogen-bond donors (Lipinski definition) is 1. The number of benzene rings is 2. The van der Waals surface area contributed by atoms with Crippen LogP contribution >= 0.6 is 0 Å². The molecule has 0 aliphatic carbocycles. The number of hydrogen-bond acceptors (Lipinski definition) is 6. The number of amides is 1. The number of anilines is 2. The van der Waals surface area contributed by atoms with E-state index in [2.05, 4.69) is 27.1 Å². The third kappa shape index (κ3) is 4.09. The van der Waals surface area contributed by atoms with Crippen molar-refractivity contribution in [2.45, 2.75) is 6.92 Å². The maximum atomic E-state index is 13.1. The van der Waals surface area contributed by atoms with E-state index in [4.69, 9.17) is 4.98 Å². The Balaban J connectivity index is 1.67. The summed E-state index contributed by atoms with van der Waals surface area (Å²) in [6.07, 6.45) is 0. The minimum atomic E-state index is -0.312. The highest BCUT2D eigenvalue weighted by Gasteiger charge is 2.24. The summed E-state index contributed by atoms with van der Waals surface area (Å²) in [6.45, 7) is 4.90. The topological polar surface area (TPSA) is 78.4 Å². The molecule has 29 heavy (non-hydrogen) atoms. The monoisotopic (exact) mass is 389 g/mol. The number of carbonyl (C=O) groups excluding carboxylic acids is 2. The zero-order valence-electron chi connectivity index (χ0n) is 16.6. The minimum Gasteiger partial charge on any atom is -0.352 e. The van der Waals surface area contributed by atoms with E-state index in [1.54, 1.807) is 24.3 Å². The number of aromatic nitrogens is 2. The third-order valence-electron chi connectivity index (χ3n) is 5.12. The first-order valence-electron chi connectivity index (χ1n) is 9.64. The van der Waals surface area contributed by atoms with Gasteiger partial charge in [-0.3, -0.25) is 9.59 Å². The Labute approximate surface area is 169 Å². The number of rotatable bonds is 4. The van der Waals surface area contributed by atoms with E-state index >= 15 is 0 Å². The Kier molecular flexibility index (Phi) is 5.22. The second kappa shape index (κ2) is 7.97. The molecular formula is C22H23N5O2. The van der Waals surface area contributed by atoms with Crippen LogP contribution in [0.2, 0.25) is 0 Å². The second-order valence-electron chi connectivity index (χ2n) is 7.26. The van der Waals surface area contributed by atoms with Gasteiger partial charge in [-0.15, -0.1) is 0 Å². The Hall–Kier alpha value is -3.32. The van der Waals surface area contributed by atoms with Gasteiger partial charge in [-0.1, -0.05) is 12.1 Å². The highest BCUT2D eigenvalue weighted by molar-refractivity contribution is 6.07. The van der Waals surface area contributed by atoms with Gasteiger partial charge in [0, 0.05) is 37.4 Å². The van der Waals surface area contributed by atoms with Gasteiger partial charge in [0.2, 0.25) is 0 Å². The standard InChI is InChI=1S/C22H23N5O2/c1-15(28)16-7-9-17(10-8-16)23-22(29)20-21(27-13-11-26(2)12-14-27)25-19-6-4-3-5-18(19)24-20/h3-10H,11-14H2,1-2H3,(H,23,29). The molecule has 7 heteroatoms. The fraction of sp³-hybridized carbons (Fsp3) is 0.273. The lowest BCUT2D eigenvalue weighted by atomic mass is 10.1. The normalized spacial score (nSPS) is 14.8. The van der Waals surface area contributed by atoms with Crippen molar-refractivity contribution in [1.82, 2.24) is 14.9 Å². The summed E-state index contributed by atoms with van der Waals surface area (Å²) < 4.78 is 0. The lowest BCUT2D eigenvalue weighted by molar-refractivity contribution is 0.101. The third-order valence-corrected chi connectivity index (χ3v) is 5.12. The van der Waals surface area contributed by atoms with Crippen LogP contribution in [0.1, 0.15) is 27.8 Å². The second-order valence-corrected chi connectivity index (χ2v) is 7.26. The van der Waals surface area contributed by atoms with Crippen LogP contribution in [0.25, 0.3) is 11.0 Å². The first-order chi connectivity index (χ1) is 14.0. The molecule has 2 aromatic carbocycles. The van der Waals surface area contributed by atoms with Gasteiger partial charge in [0.05, 0.1) is 11.0 Å². The number of para-hydroxylation sites is 2. The summed E-state index contributed by atoms with van der Waals surface area (Å²) in [5, 5.41) is 2.89. The highest BCUT2D eigenvalue weighted by Crippen LogP contribution is 2.23. The molecule has 1 aliphatic heterocycles. The van der Waals surface area contributed by atoms with Crippen molar-refractivity contribution in [1.29, 1.82) is 0 Å². The van der Waals surface area contributed by atoms with E-state index in [0.717, 1.165) is 31.7 Å². The molecule has 7 nitrogen and oxygen atoms in total. The molecule has 1 amide bonds. The average Bonchev–Trinajstić information content (AvgIpc) is 2.73. The molecule has 2 heterocycles. The Morgan fingerprint density at radius 2 is 1.52 bits per heavy atom. The SMILES string of the molecule is CC(=O)c1ccc(NC(=O)c2nc3ccccc3nc2N2CCN(C)CC2)cc1. The number of likely N-dealkylation sites (N-methyl/N-ethyl adjacent to an activating group) is 1. The predicted octanol–water partition coefficient (Wildman–Crippen LogP) is 2.84. The maximum Gasteiger partial charge on any atom is 0.278 e. The lowest BCUT2D eigenvalue weighted by Crippen LogP contribution is -2.45. The largest absolute Gasteiger partial charge is 0.352 e. The molecule has 0 unspecified atom stereocenters. The van der Waals surface area contributed by atoms with Gasteiger partial charge in [-0.2, -0.15) is 0 Å². The first kappa shape index (κ1) is 19.0. The number of nitrogens with zero attached hydrogens (tertiary/aromatic N) is 4. The van der Waals surface area contributed by atoms with Crippen LogP contribution in [0.15, 0.2) is 48.5 Å². The van der Waals surface area contributed by atoms with Crippen molar-refractivity contribution in [3.8, 4) is 0 Å². The summed E-state index contributed by atoms with van der Waals surface area (Å²) >= 11 is 0. The van der Waals surface area contributed by atoms with Crippen molar-refractivity contribution in [2.75, 3.05) is 43.4 Å². The molecule has 0 radical (unpaired) electrons. The summed E-state index contributed by atoms with van der Waals surface area (Å²) in [5.74, 6) is 0.281.